The number of hydrogen-bond acceptors (Lipinski definition) is 4. The Morgan fingerprint density at radius 3 is 3.00 bits per heavy atom. The van der Waals surface area contributed by atoms with Crippen LogP contribution >= 0.6 is 21.8 Å². The Balaban J connectivity index is 1.92. The number of nitrogens with one attached hydrogen (secondary N) is 1. The van der Waals surface area contributed by atoms with Crippen LogP contribution in [0.25, 0.3) is 0 Å². The van der Waals surface area contributed by atoms with E-state index in [1.54, 1.807) is 0 Å². The maximum atomic E-state index is 3.34. The fraction of sp³-hybridized carbons (Fsp3) is 1.00. The van der Waals surface area contributed by atoms with Crippen molar-refractivity contribution in [2.75, 3.05) is 19.6 Å². The minimum atomic E-state index is 0.786. The van der Waals surface area contributed by atoms with Gasteiger partial charge in [0.15, 0.2) is 0 Å². The van der Waals surface area contributed by atoms with Gasteiger partial charge in [-0.25, -0.2) is 4.31 Å². The molecule has 1 N–H and O–H groups in total. The quantitative estimate of drug-likeness (QED) is 0.398. The lowest BCUT2D eigenvalue weighted by atomic mass is 10.4. The molecule has 0 aromatic rings. The topological polar surface area (TPSA) is 15.3 Å². The van der Waals surface area contributed by atoms with Gasteiger partial charge in [0.25, 0.3) is 0 Å². The standard InChI is InChI=1S/C4H8N2S2/c1-2-6-4(3-5-1)7-8-6/h4-5H,1-3H2. The van der Waals surface area contributed by atoms with Crippen LogP contribution in [0.15, 0.2) is 0 Å². The number of piperazine rings is 1. The summed E-state index contributed by atoms with van der Waals surface area (Å²) in [4.78, 5) is 0. The van der Waals surface area contributed by atoms with E-state index in [1.807, 2.05) is 21.8 Å². The van der Waals surface area contributed by atoms with Gasteiger partial charge in [-0.15, -0.1) is 0 Å². The Morgan fingerprint density at radius 1 is 1.62 bits per heavy atom. The van der Waals surface area contributed by atoms with Crippen LogP contribution in [0.4, 0.5) is 0 Å². The minimum absolute atomic E-state index is 0.786. The van der Waals surface area contributed by atoms with Gasteiger partial charge < -0.3 is 5.32 Å². The van der Waals surface area contributed by atoms with E-state index in [1.165, 1.54) is 19.6 Å². The largest absolute Gasteiger partial charge is 0.313 e. The molecule has 2 fully saturated rings. The molecule has 2 aliphatic rings. The van der Waals surface area contributed by atoms with E-state index in [-0.39, 0.29) is 0 Å². The summed E-state index contributed by atoms with van der Waals surface area (Å²) in [6.45, 7) is 3.57. The molecular weight excluding hydrogens is 140 g/mol. The monoisotopic (exact) mass is 148 g/mol. The molecule has 2 heterocycles. The lowest BCUT2D eigenvalue weighted by Crippen LogP contribution is -2.49. The fourth-order valence-corrected chi connectivity index (χ4v) is 3.17. The van der Waals surface area contributed by atoms with Crippen LogP contribution in [0.2, 0.25) is 0 Å². The summed E-state index contributed by atoms with van der Waals surface area (Å²) < 4.78 is 2.43. The first-order valence-corrected chi connectivity index (χ1v) is 4.94. The molecule has 2 rings (SSSR count). The van der Waals surface area contributed by atoms with Crippen molar-refractivity contribution in [2.45, 2.75) is 5.37 Å². The van der Waals surface area contributed by atoms with Crippen molar-refractivity contribution < 1.29 is 0 Å². The zero-order valence-corrected chi connectivity index (χ0v) is 6.10. The molecule has 46 valence electrons. The Morgan fingerprint density at radius 2 is 2.62 bits per heavy atom. The summed E-state index contributed by atoms with van der Waals surface area (Å²) in [5.74, 6) is 0. The highest BCUT2D eigenvalue weighted by Crippen LogP contribution is 2.46. The molecule has 0 amide bonds. The fourth-order valence-electron chi connectivity index (χ4n) is 0.897. The highest BCUT2D eigenvalue weighted by molar-refractivity contribution is 8.78. The smallest absolute Gasteiger partial charge is 0.0903 e. The molecule has 0 bridgehead atoms. The average Bonchev–Trinajstić information content (AvgIpc) is 1.72. The first kappa shape index (κ1) is 5.41. The summed E-state index contributed by atoms with van der Waals surface area (Å²) in [6, 6.07) is 0. The molecule has 0 spiro atoms. The van der Waals surface area contributed by atoms with Gasteiger partial charge >= 0.3 is 0 Å². The van der Waals surface area contributed by atoms with Crippen molar-refractivity contribution in [2.24, 2.45) is 0 Å². The number of rotatable bonds is 0. The summed E-state index contributed by atoms with van der Waals surface area (Å²) in [5, 5.41) is 4.13. The second kappa shape index (κ2) is 2.10. The summed E-state index contributed by atoms with van der Waals surface area (Å²) >= 11 is 0. The van der Waals surface area contributed by atoms with Crippen molar-refractivity contribution in [3.63, 3.8) is 0 Å². The van der Waals surface area contributed by atoms with Crippen molar-refractivity contribution in [1.82, 2.24) is 9.62 Å². The third-order valence-corrected chi connectivity index (χ3v) is 4.39. The predicted octanol–water partition coefficient (Wildman–Crippen LogP) is 0.528. The highest BCUT2D eigenvalue weighted by atomic mass is 33.1. The molecule has 8 heavy (non-hydrogen) atoms. The Labute approximate surface area is 56.9 Å². The van der Waals surface area contributed by atoms with E-state index in [0.29, 0.717) is 0 Å². The average molecular weight is 148 g/mol. The highest BCUT2D eigenvalue weighted by Gasteiger charge is 2.31. The van der Waals surface area contributed by atoms with E-state index in [0.717, 1.165) is 5.37 Å². The molecule has 0 aliphatic carbocycles. The van der Waals surface area contributed by atoms with E-state index in [2.05, 4.69) is 9.62 Å². The van der Waals surface area contributed by atoms with Crippen LogP contribution in [0, 0.1) is 0 Å². The molecule has 2 nitrogen and oxygen atoms in total. The lowest BCUT2D eigenvalue weighted by Gasteiger charge is -2.41. The van der Waals surface area contributed by atoms with E-state index >= 15 is 0 Å². The van der Waals surface area contributed by atoms with E-state index in [9.17, 15) is 0 Å². The molecule has 0 aromatic carbocycles. The summed E-state index contributed by atoms with van der Waals surface area (Å²) in [6.07, 6.45) is 0. The van der Waals surface area contributed by atoms with Crippen molar-refractivity contribution in [1.29, 1.82) is 0 Å². The van der Waals surface area contributed by atoms with Gasteiger partial charge in [0.05, 0.1) is 5.37 Å². The number of hydrogen-bond donors (Lipinski definition) is 1. The maximum absolute atomic E-state index is 3.34. The number of fused-ring (bicyclic) bond motifs is 1. The van der Waals surface area contributed by atoms with Gasteiger partial charge in [-0.2, -0.15) is 0 Å². The molecule has 1 unspecified atom stereocenters. The predicted molar refractivity (Wildman–Crippen MR) is 38.5 cm³/mol. The van der Waals surface area contributed by atoms with Gasteiger partial charge in [-0.1, -0.05) is 10.8 Å². The molecule has 0 aromatic heterocycles. The van der Waals surface area contributed by atoms with Crippen LogP contribution in [0.3, 0.4) is 0 Å². The number of nitrogens with zero attached hydrogens (tertiary/aromatic N) is 1. The lowest BCUT2D eigenvalue weighted by molar-refractivity contribution is 0.363. The van der Waals surface area contributed by atoms with Gasteiger partial charge in [0, 0.05) is 19.6 Å². The molecule has 4 heteroatoms. The van der Waals surface area contributed by atoms with Gasteiger partial charge in [-0.3, -0.25) is 0 Å². The van der Waals surface area contributed by atoms with Crippen LogP contribution in [-0.2, 0) is 0 Å². The van der Waals surface area contributed by atoms with E-state index < -0.39 is 0 Å². The van der Waals surface area contributed by atoms with Crippen LogP contribution in [0.5, 0.6) is 0 Å². The van der Waals surface area contributed by atoms with Crippen molar-refractivity contribution in [3.05, 3.63) is 0 Å². The van der Waals surface area contributed by atoms with Crippen LogP contribution < -0.4 is 5.32 Å². The molecular formula is C4H8N2S2. The SMILES string of the molecule is C1CN2SSC2CN1. The molecule has 0 radical (unpaired) electrons. The maximum Gasteiger partial charge on any atom is 0.0903 e. The molecule has 2 aliphatic heterocycles. The van der Waals surface area contributed by atoms with Gasteiger partial charge in [-0.05, 0) is 11.0 Å². The Kier molecular flexibility index (Phi) is 1.42. The van der Waals surface area contributed by atoms with E-state index in [4.69, 9.17) is 0 Å². The van der Waals surface area contributed by atoms with Gasteiger partial charge in [0.2, 0.25) is 0 Å². The van der Waals surface area contributed by atoms with Crippen molar-refractivity contribution >= 4 is 21.8 Å². The molecule has 2 saturated heterocycles. The second-order valence-corrected chi connectivity index (χ2v) is 4.35. The Bertz CT molecular complexity index is 86.0. The Hall–Kier alpha value is 0.620. The molecule has 0 saturated carbocycles. The zero-order chi connectivity index (χ0) is 5.40. The normalized spacial score (nSPS) is 38.2. The van der Waals surface area contributed by atoms with Gasteiger partial charge in [0.1, 0.15) is 0 Å². The summed E-state index contributed by atoms with van der Waals surface area (Å²) in [5.41, 5.74) is 0. The second-order valence-electron chi connectivity index (χ2n) is 1.97. The van der Waals surface area contributed by atoms with Crippen LogP contribution in [-0.4, -0.2) is 29.3 Å². The van der Waals surface area contributed by atoms with Crippen LogP contribution in [0.1, 0.15) is 0 Å². The first-order valence-electron chi connectivity index (χ1n) is 2.77. The summed E-state index contributed by atoms with van der Waals surface area (Å²) in [7, 11) is 3.87. The third-order valence-electron chi connectivity index (χ3n) is 1.40. The zero-order valence-electron chi connectivity index (χ0n) is 4.46. The minimum Gasteiger partial charge on any atom is -0.313 e. The third kappa shape index (κ3) is 0.757. The first-order chi connectivity index (χ1) is 3.97. The van der Waals surface area contributed by atoms with Crippen molar-refractivity contribution in [3.8, 4) is 0 Å². The molecule has 1 atom stereocenters.